The van der Waals surface area contributed by atoms with E-state index in [1.54, 1.807) is 19.2 Å². The molecule has 10 heteroatoms. The lowest BCUT2D eigenvalue weighted by molar-refractivity contribution is -0.138. The first-order valence-electron chi connectivity index (χ1n) is 22.5. The van der Waals surface area contributed by atoms with E-state index in [-0.39, 0.29) is 18.2 Å². The minimum Gasteiger partial charge on any atom is -0.497 e. The van der Waals surface area contributed by atoms with Crippen molar-refractivity contribution in [1.29, 1.82) is 0 Å². The SMILES string of the molecule is COc1ccc(F)c(-c2ccc(COc3cccc([C@@H](CC(=O)O)C4CC4)c3)cc2C(C)(C)Cn2cc(CCCCCCCCCCCCCCCCCC(=O)O)nn2)c1. The Morgan fingerprint density at radius 2 is 1.43 bits per heavy atom. The molecule has 1 heterocycles. The number of carbonyl (C=O) groups is 2. The van der Waals surface area contributed by atoms with Crippen LogP contribution in [0.2, 0.25) is 0 Å². The van der Waals surface area contributed by atoms with Gasteiger partial charge in [-0.15, -0.1) is 5.10 Å². The van der Waals surface area contributed by atoms with Gasteiger partial charge in [0.25, 0.3) is 0 Å². The topological polar surface area (TPSA) is 124 Å². The van der Waals surface area contributed by atoms with Crippen LogP contribution in [0.15, 0.2) is 66.9 Å². The third-order valence-corrected chi connectivity index (χ3v) is 12.0. The van der Waals surface area contributed by atoms with Crippen LogP contribution < -0.4 is 9.47 Å². The summed E-state index contributed by atoms with van der Waals surface area (Å²) in [4.78, 5) is 22.2. The Balaban J connectivity index is 1.11. The van der Waals surface area contributed by atoms with Crippen molar-refractivity contribution in [3.63, 3.8) is 0 Å². The summed E-state index contributed by atoms with van der Waals surface area (Å²) in [5, 5.41) is 27.3. The van der Waals surface area contributed by atoms with Crippen molar-refractivity contribution in [3.8, 4) is 22.6 Å². The molecular formula is C50H68FN3O6. The fraction of sp³-hybridized carbons (Fsp3) is 0.560. The Morgan fingerprint density at radius 1 is 0.783 bits per heavy atom. The Kier molecular flexibility index (Phi) is 18.5. The summed E-state index contributed by atoms with van der Waals surface area (Å²) >= 11 is 0. The predicted molar refractivity (Wildman–Crippen MR) is 235 cm³/mol. The van der Waals surface area contributed by atoms with E-state index in [0.29, 0.717) is 42.6 Å². The van der Waals surface area contributed by atoms with Crippen molar-refractivity contribution in [2.45, 2.75) is 167 Å². The molecule has 1 atom stereocenters. The summed E-state index contributed by atoms with van der Waals surface area (Å²) in [6.45, 7) is 5.14. The van der Waals surface area contributed by atoms with E-state index in [9.17, 15) is 14.7 Å². The van der Waals surface area contributed by atoms with Crippen LogP contribution in [0.3, 0.4) is 0 Å². The Labute approximate surface area is 357 Å². The van der Waals surface area contributed by atoms with Gasteiger partial charge in [0.1, 0.15) is 23.9 Å². The Bertz CT molecular complexity index is 1940. The lowest BCUT2D eigenvalue weighted by atomic mass is 9.79. The first-order valence-corrected chi connectivity index (χ1v) is 22.5. The van der Waals surface area contributed by atoms with Gasteiger partial charge in [-0.3, -0.25) is 14.3 Å². The van der Waals surface area contributed by atoms with Crippen molar-refractivity contribution in [2.75, 3.05) is 7.11 Å². The summed E-state index contributed by atoms with van der Waals surface area (Å²) in [6, 6.07) is 18.7. The maximum atomic E-state index is 15.5. The molecule has 0 radical (unpaired) electrons. The number of methoxy groups -OCH3 is 1. The molecule has 4 aromatic rings. The van der Waals surface area contributed by atoms with Crippen LogP contribution >= 0.6 is 0 Å². The molecule has 1 fully saturated rings. The van der Waals surface area contributed by atoms with Crippen LogP contribution in [0.5, 0.6) is 11.5 Å². The van der Waals surface area contributed by atoms with Gasteiger partial charge in [0.15, 0.2) is 0 Å². The van der Waals surface area contributed by atoms with Crippen molar-refractivity contribution >= 4 is 11.9 Å². The number of hydrogen-bond donors (Lipinski definition) is 2. The van der Waals surface area contributed by atoms with Gasteiger partial charge >= 0.3 is 11.9 Å². The standard InChI is InChI=1S/C50H68FN3O6/c1-50(2,36-54-34-40(52-53-54)21-17-15-13-11-9-7-5-4-6-8-10-12-14-16-18-23-48(55)56)46-30-37(24-28-43(46)45-32-41(59-3)27-29-47(45)51)35-60-42-22-19-20-39(31-42)44(33-49(57)58)38-25-26-38/h19-20,22,24,27-32,34,38,44H,4-18,21,23,25-26,33,35-36H2,1-3H3,(H,55,56)(H,57,58)/t44-/m0/s1. The fourth-order valence-electron chi connectivity index (χ4n) is 8.46. The third-order valence-electron chi connectivity index (χ3n) is 12.0. The second kappa shape index (κ2) is 23.9. The van der Waals surface area contributed by atoms with Gasteiger partial charge in [-0.2, -0.15) is 0 Å². The second-order valence-electron chi connectivity index (χ2n) is 17.6. The zero-order valence-electron chi connectivity index (χ0n) is 36.3. The van der Waals surface area contributed by atoms with Crippen LogP contribution in [0.4, 0.5) is 4.39 Å². The van der Waals surface area contributed by atoms with Gasteiger partial charge in [0.2, 0.25) is 0 Å². The van der Waals surface area contributed by atoms with Crippen molar-refractivity contribution < 1.29 is 33.7 Å². The van der Waals surface area contributed by atoms with Gasteiger partial charge in [0.05, 0.1) is 25.8 Å². The zero-order chi connectivity index (χ0) is 42.7. The molecule has 1 saturated carbocycles. The molecule has 1 aliphatic carbocycles. The van der Waals surface area contributed by atoms with Crippen molar-refractivity contribution in [2.24, 2.45) is 5.92 Å². The molecule has 0 aliphatic heterocycles. The molecule has 9 nitrogen and oxygen atoms in total. The van der Waals surface area contributed by atoms with E-state index < -0.39 is 17.4 Å². The van der Waals surface area contributed by atoms with E-state index in [4.69, 9.17) is 14.6 Å². The number of unbranched alkanes of at least 4 members (excludes halogenated alkanes) is 14. The highest BCUT2D eigenvalue weighted by Gasteiger charge is 2.34. The fourth-order valence-corrected chi connectivity index (χ4v) is 8.46. The number of ether oxygens (including phenoxy) is 2. The lowest BCUT2D eigenvalue weighted by Gasteiger charge is -2.29. The van der Waals surface area contributed by atoms with Gasteiger partial charge < -0.3 is 19.7 Å². The summed E-state index contributed by atoms with van der Waals surface area (Å²) in [5.41, 5.74) is 4.66. The Hall–Kier alpha value is -4.73. The number of carboxylic acids is 2. The number of aliphatic carboxylic acids is 2. The second-order valence-corrected chi connectivity index (χ2v) is 17.6. The minimum absolute atomic E-state index is 0.0122. The number of hydrogen-bond acceptors (Lipinski definition) is 6. The van der Waals surface area contributed by atoms with Crippen LogP contribution in [0.1, 0.15) is 164 Å². The lowest BCUT2D eigenvalue weighted by Crippen LogP contribution is -2.26. The minimum atomic E-state index is -0.782. The molecular weight excluding hydrogens is 758 g/mol. The molecule has 1 aliphatic rings. The van der Waals surface area contributed by atoms with Gasteiger partial charge in [-0.05, 0) is 96.5 Å². The molecule has 2 N–H and O–H groups in total. The van der Waals surface area contributed by atoms with Crippen LogP contribution in [-0.2, 0) is 34.6 Å². The normalized spacial score (nSPS) is 13.3. The summed E-state index contributed by atoms with van der Waals surface area (Å²) < 4.78 is 29.2. The molecule has 0 bridgehead atoms. The van der Waals surface area contributed by atoms with E-state index in [1.165, 1.54) is 76.7 Å². The number of aryl methyl sites for hydroxylation is 1. The molecule has 326 valence electrons. The van der Waals surface area contributed by atoms with Crippen molar-refractivity contribution in [1.82, 2.24) is 15.0 Å². The molecule has 60 heavy (non-hydrogen) atoms. The van der Waals surface area contributed by atoms with Crippen LogP contribution in [-0.4, -0.2) is 44.3 Å². The number of halogens is 1. The highest BCUT2D eigenvalue weighted by molar-refractivity contribution is 5.71. The average Bonchev–Trinajstić information content (AvgIpc) is 3.98. The number of carboxylic acid groups (broad SMARTS) is 2. The van der Waals surface area contributed by atoms with Crippen LogP contribution in [0.25, 0.3) is 11.1 Å². The highest BCUT2D eigenvalue weighted by atomic mass is 19.1. The van der Waals surface area contributed by atoms with E-state index in [1.807, 2.05) is 47.3 Å². The summed E-state index contributed by atoms with van der Waals surface area (Å²) in [5.74, 6) is -0.117. The monoisotopic (exact) mass is 826 g/mol. The molecule has 0 unspecified atom stereocenters. The molecule has 0 amide bonds. The summed E-state index contributed by atoms with van der Waals surface area (Å²) in [6.07, 6.45) is 23.6. The van der Waals surface area contributed by atoms with Gasteiger partial charge in [-0.1, -0.05) is 133 Å². The summed E-state index contributed by atoms with van der Waals surface area (Å²) in [7, 11) is 1.58. The molecule has 3 aromatic carbocycles. The number of benzene rings is 3. The number of rotatable bonds is 30. The zero-order valence-corrected chi connectivity index (χ0v) is 36.3. The van der Waals surface area contributed by atoms with Crippen LogP contribution in [0, 0.1) is 11.7 Å². The Morgan fingerprint density at radius 3 is 2.05 bits per heavy atom. The maximum Gasteiger partial charge on any atom is 0.303 e. The molecule has 0 saturated heterocycles. The number of nitrogens with zero attached hydrogens (tertiary/aromatic N) is 3. The van der Waals surface area contributed by atoms with Crippen molar-refractivity contribution in [3.05, 3.63) is 95.1 Å². The quantitative estimate of drug-likeness (QED) is 0.0498. The highest BCUT2D eigenvalue weighted by Crippen LogP contribution is 2.45. The predicted octanol–water partition coefficient (Wildman–Crippen LogP) is 12.5. The van der Waals surface area contributed by atoms with Gasteiger partial charge in [0, 0.05) is 23.6 Å². The number of aromatic nitrogens is 3. The maximum absolute atomic E-state index is 15.5. The van der Waals surface area contributed by atoms with E-state index in [2.05, 4.69) is 30.2 Å². The molecule has 1 aromatic heterocycles. The molecule has 0 spiro atoms. The first kappa shape index (κ1) is 46.3. The molecule has 5 rings (SSSR count). The van der Waals surface area contributed by atoms with E-state index >= 15 is 4.39 Å². The first-order chi connectivity index (χ1) is 29.0. The third kappa shape index (κ3) is 15.4. The van der Waals surface area contributed by atoms with Gasteiger partial charge in [-0.25, -0.2) is 4.39 Å². The van der Waals surface area contributed by atoms with E-state index in [0.717, 1.165) is 72.9 Å². The largest absolute Gasteiger partial charge is 0.497 e. The average molecular weight is 826 g/mol. The smallest absolute Gasteiger partial charge is 0.303 e.